The second kappa shape index (κ2) is 9.71. The van der Waals surface area contributed by atoms with Crippen LogP contribution in [-0.2, 0) is 14.3 Å². The lowest BCUT2D eigenvalue weighted by Gasteiger charge is -2.36. The number of ketones is 1. The molecule has 3 atom stereocenters. The third-order valence-electron chi connectivity index (χ3n) is 6.70. The summed E-state index contributed by atoms with van der Waals surface area (Å²) in [5.41, 5.74) is 3.64. The summed E-state index contributed by atoms with van der Waals surface area (Å²) >= 11 is 0. The number of hydrogen-bond acceptors (Lipinski definition) is 7. The Morgan fingerprint density at radius 2 is 1.59 bits per heavy atom. The van der Waals surface area contributed by atoms with Crippen LogP contribution in [0, 0.1) is 5.92 Å². The molecule has 2 aromatic rings. The highest BCUT2D eigenvalue weighted by Crippen LogP contribution is 2.49. The number of hydrogen-bond donors (Lipinski definition) is 0. The molecule has 1 heterocycles. The summed E-state index contributed by atoms with van der Waals surface area (Å²) in [6.07, 6.45) is 0.928. The Bertz CT molecular complexity index is 1160. The monoisotopic (exact) mass is 463 g/mol. The van der Waals surface area contributed by atoms with Crippen LogP contribution < -0.4 is 14.2 Å². The van der Waals surface area contributed by atoms with Gasteiger partial charge in [0.15, 0.2) is 5.78 Å². The van der Waals surface area contributed by atoms with E-state index in [9.17, 15) is 9.59 Å². The molecule has 0 fully saturated rings. The van der Waals surface area contributed by atoms with Crippen molar-refractivity contribution in [3.8, 4) is 17.2 Å². The Balaban J connectivity index is 1.84. The van der Waals surface area contributed by atoms with E-state index in [0.29, 0.717) is 46.9 Å². The van der Waals surface area contributed by atoms with Crippen LogP contribution in [0.2, 0.25) is 0 Å². The molecule has 1 unspecified atom stereocenters. The lowest BCUT2D eigenvalue weighted by molar-refractivity contribution is -0.143. The standard InChI is InChI=1S/C27H29NO6/c1-15-24(27(30)34-5)25(20-14-19(32-3)10-11-23(20)33-4)26-21(28-15)12-17(13-22(26)29)16-6-8-18(31-2)9-7-16/h6-11,14,17,24-25H,12-13H2,1-5H3/t17-,24?,25-/m0/s1. The van der Waals surface area contributed by atoms with Gasteiger partial charge in [0.25, 0.3) is 0 Å². The molecule has 0 aromatic heterocycles. The van der Waals surface area contributed by atoms with Crippen molar-refractivity contribution in [1.82, 2.24) is 0 Å². The van der Waals surface area contributed by atoms with E-state index in [0.717, 1.165) is 11.3 Å². The van der Waals surface area contributed by atoms with Crippen LogP contribution in [0.1, 0.15) is 42.7 Å². The largest absolute Gasteiger partial charge is 0.497 e. The Kier molecular flexibility index (Phi) is 6.72. The highest BCUT2D eigenvalue weighted by molar-refractivity contribution is 6.09. The number of benzene rings is 2. The minimum atomic E-state index is -0.730. The third-order valence-corrected chi connectivity index (χ3v) is 6.70. The number of allylic oxidation sites excluding steroid dienone is 2. The summed E-state index contributed by atoms with van der Waals surface area (Å²) in [5.74, 6) is 0.183. The zero-order chi connectivity index (χ0) is 24.4. The number of aliphatic imine (C=N–C) groups is 1. The molecule has 1 aliphatic heterocycles. The van der Waals surface area contributed by atoms with Crippen molar-refractivity contribution in [2.24, 2.45) is 10.9 Å². The first kappa shape index (κ1) is 23.5. The van der Waals surface area contributed by atoms with Crippen molar-refractivity contribution in [3.05, 3.63) is 64.9 Å². The lowest BCUT2D eigenvalue weighted by atomic mass is 9.69. The maximum Gasteiger partial charge on any atom is 0.315 e. The highest BCUT2D eigenvalue weighted by Gasteiger charge is 2.45. The fraction of sp³-hybridized carbons (Fsp3) is 0.370. The Hall–Kier alpha value is -3.61. The van der Waals surface area contributed by atoms with Crippen LogP contribution in [0.4, 0.5) is 0 Å². The minimum absolute atomic E-state index is 0.00348. The van der Waals surface area contributed by atoms with Gasteiger partial charge in [-0.25, -0.2) is 0 Å². The summed E-state index contributed by atoms with van der Waals surface area (Å²) < 4.78 is 21.5. The number of rotatable bonds is 6. The first-order valence-electron chi connectivity index (χ1n) is 11.2. The zero-order valence-corrected chi connectivity index (χ0v) is 20.1. The molecule has 7 heteroatoms. The summed E-state index contributed by atoms with van der Waals surface area (Å²) in [6.45, 7) is 1.81. The molecule has 7 nitrogen and oxygen atoms in total. The van der Waals surface area contributed by atoms with Gasteiger partial charge in [0.05, 0.1) is 28.4 Å². The first-order chi connectivity index (χ1) is 16.4. The van der Waals surface area contributed by atoms with E-state index in [2.05, 4.69) is 0 Å². The molecule has 0 amide bonds. The number of nitrogens with zero attached hydrogens (tertiary/aromatic N) is 1. The van der Waals surface area contributed by atoms with E-state index in [-0.39, 0.29) is 11.7 Å². The molecule has 0 bridgehead atoms. The predicted molar refractivity (Wildman–Crippen MR) is 128 cm³/mol. The summed E-state index contributed by atoms with van der Waals surface area (Å²) in [6, 6.07) is 13.2. The molecule has 0 N–H and O–H groups in total. The summed E-state index contributed by atoms with van der Waals surface area (Å²) in [7, 11) is 6.12. The third kappa shape index (κ3) is 4.18. The van der Waals surface area contributed by atoms with Gasteiger partial charge in [0.2, 0.25) is 0 Å². The van der Waals surface area contributed by atoms with Gasteiger partial charge >= 0.3 is 5.97 Å². The molecule has 0 radical (unpaired) electrons. The summed E-state index contributed by atoms with van der Waals surface area (Å²) in [5, 5.41) is 0. The van der Waals surface area contributed by atoms with E-state index in [1.54, 1.807) is 33.5 Å². The minimum Gasteiger partial charge on any atom is -0.497 e. The van der Waals surface area contributed by atoms with Crippen LogP contribution in [0.3, 0.4) is 0 Å². The Labute approximate surface area is 199 Å². The highest BCUT2D eigenvalue weighted by atomic mass is 16.5. The molecule has 0 spiro atoms. The topological polar surface area (TPSA) is 83.4 Å². The van der Waals surface area contributed by atoms with Gasteiger partial charge in [-0.2, -0.15) is 0 Å². The molecule has 0 saturated carbocycles. The number of carbonyl (C=O) groups is 2. The molecule has 1 aliphatic carbocycles. The van der Waals surface area contributed by atoms with Gasteiger partial charge in [-0.3, -0.25) is 14.6 Å². The van der Waals surface area contributed by atoms with Crippen molar-refractivity contribution in [3.63, 3.8) is 0 Å². The molecule has 0 saturated heterocycles. The van der Waals surface area contributed by atoms with Crippen LogP contribution in [0.5, 0.6) is 17.2 Å². The van der Waals surface area contributed by atoms with E-state index >= 15 is 0 Å². The first-order valence-corrected chi connectivity index (χ1v) is 11.2. The summed E-state index contributed by atoms with van der Waals surface area (Å²) in [4.78, 5) is 31.3. The average Bonchev–Trinajstić information content (AvgIpc) is 2.86. The SMILES string of the molecule is COC(=O)C1C(C)=NC2=C(C(=O)C[C@@H](c3ccc(OC)cc3)C2)[C@H]1c1cc(OC)ccc1OC. The van der Waals surface area contributed by atoms with Gasteiger partial charge in [-0.05, 0) is 55.2 Å². The number of carbonyl (C=O) groups excluding carboxylic acids is 2. The van der Waals surface area contributed by atoms with Gasteiger partial charge in [0, 0.05) is 34.9 Å². The van der Waals surface area contributed by atoms with Crippen molar-refractivity contribution in [2.75, 3.05) is 28.4 Å². The van der Waals surface area contributed by atoms with Gasteiger partial charge in [-0.15, -0.1) is 0 Å². The predicted octanol–water partition coefficient (Wildman–Crippen LogP) is 4.46. The van der Waals surface area contributed by atoms with Gasteiger partial charge in [-0.1, -0.05) is 12.1 Å². The van der Waals surface area contributed by atoms with Gasteiger partial charge in [0.1, 0.15) is 23.2 Å². The molecular weight excluding hydrogens is 434 g/mol. The normalized spacial score (nSPS) is 22.0. The van der Waals surface area contributed by atoms with E-state index in [1.165, 1.54) is 7.11 Å². The fourth-order valence-corrected chi connectivity index (χ4v) is 5.02. The molecular formula is C27H29NO6. The average molecular weight is 464 g/mol. The molecule has 34 heavy (non-hydrogen) atoms. The Morgan fingerprint density at radius 1 is 0.912 bits per heavy atom. The molecule has 2 aliphatic rings. The Morgan fingerprint density at radius 3 is 2.21 bits per heavy atom. The smallest absolute Gasteiger partial charge is 0.315 e. The molecule has 4 rings (SSSR count). The quantitative estimate of drug-likeness (QED) is 0.588. The number of ether oxygens (including phenoxy) is 4. The maximum absolute atomic E-state index is 13.7. The van der Waals surface area contributed by atoms with E-state index in [4.69, 9.17) is 23.9 Å². The maximum atomic E-state index is 13.7. The molecule has 2 aromatic carbocycles. The van der Waals surface area contributed by atoms with Crippen molar-refractivity contribution < 1.29 is 28.5 Å². The van der Waals surface area contributed by atoms with E-state index < -0.39 is 17.8 Å². The van der Waals surface area contributed by atoms with Crippen LogP contribution in [0.25, 0.3) is 0 Å². The van der Waals surface area contributed by atoms with Crippen molar-refractivity contribution in [1.29, 1.82) is 0 Å². The number of Topliss-reactive ketones (excluding diaryl/α,β-unsaturated/α-hetero) is 1. The van der Waals surface area contributed by atoms with Crippen molar-refractivity contribution in [2.45, 2.75) is 31.6 Å². The zero-order valence-electron chi connectivity index (χ0n) is 20.1. The number of methoxy groups -OCH3 is 4. The van der Waals surface area contributed by atoms with Crippen LogP contribution in [0.15, 0.2) is 58.7 Å². The lowest BCUT2D eigenvalue weighted by Crippen LogP contribution is -2.38. The second-order valence-electron chi connectivity index (χ2n) is 8.50. The van der Waals surface area contributed by atoms with Crippen LogP contribution in [-0.4, -0.2) is 45.9 Å². The van der Waals surface area contributed by atoms with Gasteiger partial charge < -0.3 is 18.9 Å². The second-order valence-corrected chi connectivity index (χ2v) is 8.50. The van der Waals surface area contributed by atoms with Crippen LogP contribution >= 0.6 is 0 Å². The van der Waals surface area contributed by atoms with Crippen molar-refractivity contribution >= 4 is 17.5 Å². The van der Waals surface area contributed by atoms with E-state index in [1.807, 2.05) is 37.3 Å². The molecule has 178 valence electrons. The fourth-order valence-electron chi connectivity index (χ4n) is 5.02. The number of esters is 1.